The highest BCUT2D eigenvalue weighted by Gasteiger charge is 2.12. The van der Waals surface area contributed by atoms with Crippen molar-refractivity contribution in [3.63, 3.8) is 0 Å². The molecule has 1 fully saturated rings. The fraction of sp³-hybridized carbons (Fsp3) is 1.00. The van der Waals surface area contributed by atoms with Crippen LogP contribution in [0.15, 0.2) is 0 Å². The number of hydrogen-bond acceptors (Lipinski definition) is 2. The van der Waals surface area contributed by atoms with Crippen molar-refractivity contribution in [2.45, 2.75) is 70.8 Å². The van der Waals surface area contributed by atoms with E-state index in [4.69, 9.17) is 5.73 Å². The highest BCUT2D eigenvalue weighted by atomic mass is 14.8. The summed E-state index contributed by atoms with van der Waals surface area (Å²) in [5, 5.41) is 3.55. The van der Waals surface area contributed by atoms with E-state index >= 15 is 0 Å². The number of nitrogens with two attached hydrogens (primary N) is 1. The zero-order valence-corrected chi connectivity index (χ0v) is 11.2. The predicted molar refractivity (Wildman–Crippen MR) is 71.6 cm³/mol. The molecular formula is C14H30N2. The SMILES string of the molecule is CC(C)(N)CCCNCCC1CCCCC1. The summed E-state index contributed by atoms with van der Waals surface area (Å²) < 4.78 is 0. The molecule has 0 spiro atoms. The molecule has 3 N–H and O–H groups in total. The second-order valence-corrected chi connectivity index (χ2v) is 6.13. The van der Waals surface area contributed by atoms with Crippen LogP contribution >= 0.6 is 0 Å². The molecule has 0 aromatic carbocycles. The first kappa shape index (κ1) is 14.0. The Balaban J connectivity index is 1.87. The number of hydrogen-bond donors (Lipinski definition) is 2. The summed E-state index contributed by atoms with van der Waals surface area (Å²) in [6, 6.07) is 0. The molecule has 0 aromatic rings. The molecule has 0 aromatic heterocycles. The highest BCUT2D eigenvalue weighted by molar-refractivity contribution is 4.72. The van der Waals surface area contributed by atoms with Crippen molar-refractivity contribution in [1.82, 2.24) is 5.32 Å². The summed E-state index contributed by atoms with van der Waals surface area (Å²) in [4.78, 5) is 0. The Morgan fingerprint density at radius 1 is 1.12 bits per heavy atom. The van der Waals surface area contributed by atoms with E-state index in [9.17, 15) is 0 Å². The molecule has 1 aliphatic rings. The first-order chi connectivity index (χ1) is 7.58. The number of nitrogens with one attached hydrogen (secondary N) is 1. The van der Waals surface area contributed by atoms with Gasteiger partial charge >= 0.3 is 0 Å². The average Bonchev–Trinajstić information content (AvgIpc) is 2.23. The molecule has 0 saturated heterocycles. The third-order valence-electron chi connectivity index (χ3n) is 3.63. The van der Waals surface area contributed by atoms with E-state index in [-0.39, 0.29) is 5.54 Å². The minimum Gasteiger partial charge on any atom is -0.326 e. The van der Waals surface area contributed by atoms with Gasteiger partial charge in [-0.25, -0.2) is 0 Å². The summed E-state index contributed by atoms with van der Waals surface area (Å²) in [5.41, 5.74) is 5.94. The van der Waals surface area contributed by atoms with E-state index in [0.717, 1.165) is 18.9 Å². The Morgan fingerprint density at radius 2 is 1.81 bits per heavy atom. The molecule has 0 radical (unpaired) electrons. The van der Waals surface area contributed by atoms with Gasteiger partial charge in [0, 0.05) is 5.54 Å². The van der Waals surface area contributed by atoms with Gasteiger partial charge in [0.05, 0.1) is 0 Å². The van der Waals surface area contributed by atoms with E-state index < -0.39 is 0 Å². The van der Waals surface area contributed by atoms with Crippen LogP contribution in [0.2, 0.25) is 0 Å². The van der Waals surface area contributed by atoms with Gasteiger partial charge in [0.2, 0.25) is 0 Å². The summed E-state index contributed by atoms with van der Waals surface area (Å²) in [5.74, 6) is 1.01. The first-order valence-corrected chi connectivity index (χ1v) is 7.07. The lowest BCUT2D eigenvalue weighted by molar-refractivity contribution is 0.332. The standard InChI is InChI=1S/C14H30N2/c1-14(2,15)10-6-11-16-12-9-13-7-4-3-5-8-13/h13,16H,3-12,15H2,1-2H3. The van der Waals surface area contributed by atoms with Crippen molar-refractivity contribution >= 4 is 0 Å². The molecular weight excluding hydrogens is 196 g/mol. The highest BCUT2D eigenvalue weighted by Crippen LogP contribution is 2.25. The van der Waals surface area contributed by atoms with Gasteiger partial charge in [-0.2, -0.15) is 0 Å². The van der Waals surface area contributed by atoms with Crippen molar-refractivity contribution in [1.29, 1.82) is 0 Å². The van der Waals surface area contributed by atoms with Crippen molar-refractivity contribution in [3.8, 4) is 0 Å². The third-order valence-corrected chi connectivity index (χ3v) is 3.63. The molecule has 2 heteroatoms. The smallest absolute Gasteiger partial charge is 0.00975 e. The van der Waals surface area contributed by atoms with Crippen LogP contribution in [-0.4, -0.2) is 18.6 Å². The van der Waals surface area contributed by atoms with Crippen molar-refractivity contribution in [3.05, 3.63) is 0 Å². The Morgan fingerprint density at radius 3 is 2.44 bits per heavy atom. The summed E-state index contributed by atoms with van der Waals surface area (Å²) in [7, 11) is 0. The van der Waals surface area contributed by atoms with Gasteiger partial charge in [0.15, 0.2) is 0 Å². The van der Waals surface area contributed by atoms with Crippen molar-refractivity contribution in [2.75, 3.05) is 13.1 Å². The maximum Gasteiger partial charge on any atom is 0.00975 e. The van der Waals surface area contributed by atoms with Gasteiger partial charge in [-0.05, 0) is 52.1 Å². The quantitative estimate of drug-likeness (QED) is 0.655. The fourth-order valence-electron chi connectivity index (χ4n) is 2.58. The van der Waals surface area contributed by atoms with Gasteiger partial charge in [-0.15, -0.1) is 0 Å². The monoisotopic (exact) mass is 226 g/mol. The predicted octanol–water partition coefficient (Wildman–Crippen LogP) is 3.06. The van der Waals surface area contributed by atoms with Crippen LogP contribution in [0.4, 0.5) is 0 Å². The summed E-state index contributed by atoms with van der Waals surface area (Å²) in [6.45, 7) is 6.55. The first-order valence-electron chi connectivity index (χ1n) is 7.07. The molecule has 96 valence electrons. The zero-order chi connectivity index (χ0) is 11.9. The van der Waals surface area contributed by atoms with Gasteiger partial charge < -0.3 is 11.1 Å². The number of rotatable bonds is 7. The van der Waals surface area contributed by atoms with Gasteiger partial charge in [-0.1, -0.05) is 32.1 Å². The van der Waals surface area contributed by atoms with Crippen LogP contribution in [0.3, 0.4) is 0 Å². The lowest BCUT2D eigenvalue weighted by Crippen LogP contribution is -2.33. The van der Waals surface area contributed by atoms with E-state index in [1.54, 1.807) is 0 Å². The maximum absolute atomic E-state index is 5.94. The van der Waals surface area contributed by atoms with E-state index in [1.807, 2.05) is 0 Å². The summed E-state index contributed by atoms with van der Waals surface area (Å²) in [6.07, 6.45) is 11.0. The molecule has 1 aliphatic carbocycles. The van der Waals surface area contributed by atoms with Crippen LogP contribution < -0.4 is 11.1 Å². The molecule has 1 rings (SSSR count). The molecule has 1 saturated carbocycles. The topological polar surface area (TPSA) is 38.0 Å². The second kappa shape index (κ2) is 7.29. The molecule has 0 aliphatic heterocycles. The van der Waals surface area contributed by atoms with E-state index in [0.29, 0.717) is 0 Å². The Hall–Kier alpha value is -0.0800. The van der Waals surface area contributed by atoms with Crippen LogP contribution in [0.25, 0.3) is 0 Å². The largest absolute Gasteiger partial charge is 0.326 e. The van der Waals surface area contributed by atoms with E-state index in [2.05, 4.69) is 19.2 Å². The molecule has 0 bridgehead atoms. The Labute approximate surface area is 101 Å². The molecule has 0 unspecified atom stereocenters. The normalized spacial score (nSPS) is 18.9. The van der Waals surface area contributed by atoms with Gasteiger partial charge in [0.1, 0.15) is 0 Å². The van der Waals surface area contributed by atoms with Crippen molar-refractivity contribution in [2.24, 2.45) is 11.7 Å². The van der Waals surface area contributed by atoms with Crippen molar-refractivity contribution < 1.29 is 0 Å². The zero-order valence-electron chi connectivity index (χ0n) is 11.2. The molecule has 0 amide bonds. The van der Waals surface area contributed by atoms with Gasteiger partial charge in [-0.3, -0.25) is 0 Å². The molecule has 0 heterocycles. The van der Waals surface area contributed by atoms with E-state index in [1.165, 1.54) is 51.5 Å². The third kappa shape index (κ3) is 7.24. The minimum atomic E-state index is 0.00501. The average molecular weight is 226 g/mol. The fourth-order valence-corrected chi connectivity index (χ4v) is 2.58. The Bertz CT molecular complexity index is 166. The summed E-state index contributed by atoms with van der Waals surface area (Å²) >= 11 is 0. The van der Waals surface area contributed by atoms with Crippen LogP contribution in [0, 0.1) is 5.92 Å². The molecule has 16 heavy (non-hydrogen) atoms. The van der Waals surface area contributed by atoms with Crippen LogP contribution in [0.5, 0.6) is 0 Å². The molecule has 0 atom stereocenters. The second-order valence-electron chi connectivity index (χ2n) is 6.13. The Kier molecular flexibility index (Phi) is 6.37. The minimum absolute atomic E-state index is 0.00501. The maximum atomic E-state index is 5.94. The lowest BCUT2D eigenvalue weighted by Gasteiger charge is -2.22. The van der Waals surface area contributed by atoms with Crippen LogP contribution in [0.1, 0.15) is 65.2 Å². The van der Waals surface area contributed by atoms with Crippen LogP contribution in [-0.2, 0) is 0 Å². The molecule has 2 nitrogen and oxygen atoms in total. The lowest BCUT2D eigenvalue weighted by atomic mass is 9.87. The van der Waals surface area contributed by atoms with Gasteiger partial charge in [0.25, 0.3) is 0 Å².